The number of carbonyl (C=O) groups is 1. The van der Waals surface area contributed by atoms with Crippen molar-refractivity contribution in [1.82, 2.24) is 4.90 Å². The fraction of sp³-hybridized carbons (Fsp3) is 0.381. The molecule has 0 atom stereocenters. The molecule has 9 heteroatoms. The van der Waals surface area contributed by atoms with Gasteiger partial charge in [-0.3, -0.25) is 14.9 Å². The Balaban J connectivity index is 1.47. The molecule has 0 N–H and O–H groups in total. The van der Waals surface area contributed by atoms with Crippen LogP contribution < -0.4 is 9.80 Å². The van der Waals surface area contributed by atoms with Crippen molar-refractivity contribution in [2.24, 2.45) is 0 Å². The monoisotopic (exact) mass is 448 g/mol. The summed E-state index contributed by atoms with van der Waals surface area (Å²) < 4.78 is 0. The Morgan fingerprint density at radius 2 is 1.57 bits per heavy atom. The van der Waals surface area contributed by atoms with Gasteiger partial charge in [-0.05, 0) is 43.2 Å². The van der Waals surface area contributed by atoms with Crippen molar-refractivity contribution < 1.29 is 9.72 Å². The third-order valence-corrected chi connectivity index (χ3v) is 6.44. The van der Waals surface area contributed by atoms with Crippen LogP contribution in [0.4, 0.5) is 17.1 Å². The molecule has 1 amide bonds. The molecule has 4 rings (SSSR count). The number of nitro groups is 1. The van der Waals surface area contributed by atoms with Gasteiger partial charge in [0, 0.05) is 56.6 Å². The van der Waals surface area contributed by atoms with Crippen molar-refractivity contribution in [2.75, 3.05) is 49.1 Å². The summed E-state index contributed by atoms with van der Waals surface area (Å²) in [6.07, 6.45) is 2.10. The van der Waals surface area contributed by atoms with Crippen LogP contribution >= 0.6 is 23.2 Å². The molecule has 2 aromatic carbocycles. The van der Waals surface area contributed by atoms with E-state index in [1.807, 2.05) is 6.07 Å². The van der Waals surface area contributed by atoms with Crippen LogP contribution in [0.3, 0.4) is 0 Å². The molecule has 7 nitrogen and oxygen atoms in total. The van der Waals surface area contributed by atoms with Gasteiger partial charge in [0.15, 0.2) is 0 Å². The SMILES string of the molecule is O=C(c1ccc(Cl)c(Cl)c1)N1CCN(c2ccc([N+](=O)[O-])c(N3CCCC3)c2)CC1. The van der Waals surface area contributed by atoms with Gasteiger partial charge in [0.05, 0.1) is 15.0 Å². The van der Waals surface area contributed by atoms with Crippen LogP contribution in [0.15, 0.2) is 36.4 Å². The molecule has 0 bridgehead atoms. The van der Waals surface area contributed by atoms with Crippen molar-refractivity contribution in [2.45, 2.75) is 12.8 Å². The van der Waals surface area contributed by atoms with E-state index in [9.17, 15) is 14.9 Å². The van der Waals surface area contributed by atoms with E-state index in [0.29, 0.717) is 47.5 Å². The number of carbonyl (C=O) groups excluding carboxylic acids is 1. The van der Waals surface area contributed by atoms with Gasteiger partial charge in [0.2, 0.25) is 0 Å². The smallest absolute Gasteiger partial charge is 0.292 e. The zero-order valence-electron chi connectivity index (χ0n) is 16.4. The maximum atomic E-state index is 12.8. The highest BCUT2D eigenvalue weighted by molar-refractivity contribution is 6.42. The van der Waals surface area contributed by atoms with Gasteiger partial charge in [-0.2, -0.15) is 0 Å². The number of nitrogens with zero attached hydrogens (tertiary/aromatic N) is 4. The quantitative estimate of drug-likeness (QED) is 0.509. The van der Waals surface area contributed by atoms with Crippen molar-refractivity contribution in [3.05, 3.63) is 62.1 Å². The maximum Gasteiger partial charge on any atom is 0.292 e. The van der Waals surface area contributed by atoms with Crippen LogP contribution in [0.5, 0.6) is 0 Å². The zero-order valence-corrected chi connectivity index (χ0v) is 17.9. The van der Waals surface area contributed by atoms with Crippen molar-refractivity contribution in [3.63, 3.8) is 0 Å². The number of rotatable bonds is 4. The van der Waals surface area contributed by atoms with E-state index in [-0.39, 0.29) is 16.5 Å². The zero-order chi connectivity index (χ0) is 21.3. The molecular formula is C21H22Cl2N4O3. The highest BCUT2D eigenvalue weighted by Gasteiger charge is 2.26. The number of benzene rings is 2. The molecule has 0 saturated carbocycles. The van der Waals surface area contributed by atoms with Crippen molar-refractivity contribution in [1.29, 1.82) is 0 Å². The van der Waals surface area contributed by atoms with Crippen LogP contribution in [-0.2, 0) is 0 Å². The van der Waals surface area contributed by atoms with Gasteiger partial charge < -0.3 is 14.7 Å². The molecular weight excluding hydrogens is 427 g/mol. The van der Waals surface area contributed by atoms with E-state index in [1.165, 1.54) is 0 Å². The third kappa shape index (κ3) is 4.18. The molecule has 0 aromatic heterocycles. The van der Waals surface area contributed by atoms with E-state index in [0.717, 1.165) is 31.6 Å². The number of anilines is 2. The molecule has 30 heavy (non-hydrogen) atoms. The van der Waals surface area contributed by atoms with E-state index in [2.05, 4.69) is 9.80 Å². The second-order valence-corrected chi connectivity index (χ2v) is 8.35. The van der Waals surface area contributed by atoms with Gasteiger partial charge in [-0.1, -0.05) is 23.2 Å². The molecule has 2 aromatic rings. The standard InChI is InChI=1S/C21H22Cl2N4O3/c22-17-5-3-15(13-18(17)23)21(28)26-11-9-24(10-12-26)16-4-6-19(27(29)30)20(14-16)25-7-1-2-8-25/h3-6,13-14H,1-2,7-12H2. The highest BCUT2D eigenvalue weighted by atomic mass is 35.5. The first-order valence-corrected chi connectivity index (χ1v) is 10.7. The molecule has 0 radical (unpaired) electrons. The summed E-state index contributed by atoms with van der Waals surface area (Å²) in [4.78, 5) is 30.0. The molecule has 2 fully saturated rings. The fourth-order valence-corrected chi connectivity index (χ4v) is 4.35. The number of amides is 1. The second-order valence-electron chi connectivity index (χ2n) is 7.53. The van der Waals surface area contributed by atoms with Crippen molar-refractivity contribution in [3.8, 4) is 0 Å². The number of halogens is 2. The second kappa shape index (κ2) is 8.70. The topological polar surface area (TPSA) is 69.9 Å². The van der Waals surface area contributed by atoms with Crippen LogP contribution in [0.25, 0.3) is 0 Å². The summed E-state index contributed by atoms with van der Waals surface area (Å²) in [5.74, 6) is -0.0744. The summed E-state index contributed by atoms with van der Waals surface area (Å²) in [6.45, 7) is 4.13. The lowest BCUT2D eigenvalue weighted by Gasteiger charge is -2.36. The van der Waals surface area contributed by atoms with Crippen molar-refractivity contribution >= 4 is 46.2 Å². The number of nitro benzene ring substituents is 1. The Morgan fingerprint density at radius 1 is 0.867 bits per heavy atom. The molecule has 158 valence electrons. The first-order valence-electron chi connectivity index (χ1n) is 9.97. The Labute approximate surface area is 184 Å². The van der Waals surface area contributed by atoms with Gasteiger partial charge in [0.1, 0.15) is 5.69 Å². The fourth-order valence-electron chi connectivity index (χ4n) is 4.05. The molecule has 2 heterocycles. The summed E-state index contributed by atoms with van der Waals surface area (Å²) in [6, 6.07) is 10.2. The normalized spacial score (nSPS) is 16.8. The molecule has 0 aliphatic carbocycles. The molecule has 2 saturated heterocycles. The largest absolute Gasteiger partial charge is 0.368 e. The van der Waals surface area contributed by atoms with E-state index >= 15 is 0 Å². The first-order chi connectivity index (χ1) is 14.4. The average Bonchev–Trinajstić information content (AvgIpc) is 3.29. The van der Waals surface area contributed by atoms with Gasteiger partial charge in [0.25, 0.3) is 11.6 Å². The molecule has 2 aliphatic rings. The average molecular weight is 449 g/mol. The van der Waals surface area contributed by atoms with E-state index in [1.54, 1.807) is 35.2 Å². The van der Waals surface area contributed by atoms with Crippen LogP contribution in [0, 0.1) is 10.1 Å². The number of hydrogen-bond donors (Lipinski definition) is 0. The molecule has 2 aliphatic heterocycles. The maximum absolute atomic E-state index is 12.8. The summed E-state index contributed by atoms with van der Waals surface area (Å²) in [7, 11) is 0. The highest BCUT2D eigenvalue weighted by Crippen LogP contribution is 2.35. The molecule has 0 unspecified atom stereocenters. The summed E-state index contributed by atoms with van der Waals surface area (Å²) in [5, 5.41) is 12.3. The Morgan fingerprint density at radius 3 is 2.20 bits per heavy atom. The Kier molecular flexibility index (Phi) is 6.01. The Bertz CT molecular complexity index is 971. The lowest BCUT2D eigenvalue weighted by atomic mass is 10.1. The van der Waals surface area contributed by atoms with E-state index in [4.69, 9.17) is 23.2 Å². The van der Waals surface area contributed by atoms with Gasteiger partial charge in [-0.25, -0.2) is 0 Å². The minimum atomic E-state index is -0.314. The number of hydrogen-bond acceptors (Lipinski definition) is 5. The van der Waals surface area contributed by atoms with E-state index < -0.39 is 0 Å². The minimum absolute atomic E-state index is 0.0744. The summed E-state index contributed by atoms with van der Waals surface area (Å²) in [5.41, 5.74) is 2.30. The van der Waals surface area contributed by atoms with Gasteiger partial charge >= 0.3 is 0 Å². The third-order valence-electron chi connectivity index (χ3n) is 5.70. The number of piperazine rings is 1. The predicted molar refractivity (Wildman–Crippen MR) is 119 cm³/mol. The first kappa shape index (κ1) is 20.8. The Hall–Kier alpha value is -2.51. The van der Waals surface area contributed by atoms with Crippen LogP contribution in [0.1, 0.15) is 23.2 Å². The van der Waals surface area contributed by atoms with Crippen LogP contribution in [-0.4, -0.2) is 55.0 Å². The predicted octanol–water partition coefficient (Wildman–Crippen LogP) is 4.46. The lowest BCUT2D eigenvalue weighted by molar-refractivity contribution is -0.384. The van der Waals surface area contributed by atoms with Crippen LogP contribution in [0.2, 0.25) is 10.0 Å². The molecule has 0 spiro atoms. The van der Waals surface area contributed by atoms with Gasteiger partial charge in [-0.15, -0.1) is 0 Å². The summed E-state index contributed by atoms with van der Waals surface area (Å²) >= 11 is 12.0. The minimum Gasteiger partial charge on any atom is -0.368 e. The lowest BCUT2D eigenvalue weighted by Crippen LogP contribution is -2.48.